The summed E-state index contributed by atoms with van der Waals surface area (Å²) in [7, 11) is 0. The average Bonchev–Trinajstić information content (AvgIpc) is 2.38. The molecule has 0 saturated heterocycles. The standard InChI is InChI=1S/C12H8BrF3N2O/c13-7-1-2-10(18-5-7)11(19)8-6-17-4-3-9(8)12(14,15)16/h1-6,11,19H. The fourth-order valence-electron chi connectivity index (χ4n) is 1.59. The van der Waals surface area contributed by atoms with Crippen LogP contribution >= 0.6 is 15.9 Å². The minimum absolute atomic E-state index is 0.127. The highest BCUT2D eigenvalue weighted by Gasteiger charge is 2.35. The van der Waals surface area contributed by atoms with Crippen molar-refractivity contribution in [3.8, 4) is 0 Å². The average molecular weight is 333 g/mol. The molecule has 0 aromatic carbocycles. The molecule has 1 atom stereocenters. The highest BCUT2D eigenvalue weighted by atomic mass is 79.9. The normalized spacial score (nSPS) is 13.3. The van der Waals surface area contributed by atoms with E-state index in [1.54, 1.807) is 6.07 Å². The summed E-state index contributed by atoms with van der Waals surface area (Å²) < 4.78 is 39.1. The van der Waals surface area contributed by atoms with Crippen molar-refractivity contribution >= 4 is 15.9 Å². The van der Waals surface area contributed by atoms with Crippen molar-refractivity contribution in [2.24, 2.45) is 0 Å². The first-order chi connectivity index (χ1) is 8.89. The first kappa shape index (κ1) is 14.0. The highest BCUT2D eigenvalue weighted by Crippen LogP contribution is 2.35. The lowest BCUT2D eigenvalue weighted by molar-refractivity contribution is -0.139. The Labute approximate surface area is 115 Å². The third kappa shape index (κ3) is 3.10. The van der Waals surface area contributed by atoms with Gasteiger partial charge in [0.1, 0.15) is 6.10 Å². The molecule has 1 unspecified atom stereocenters. The van der Waals surface area contributed by atoms with Gasteiger partial charge in [0.05, 0.1) is 11.3 Å². The van der Waals surface area contributed by atoms with Gasteiger partial charge in [0.2, 0.25) is 0 Å². The Morgan fingerprint density at radius 1 is 1.16 bits per heavy atom. The van der Waals surface area contributed by atoms with Gasteiger partial charge in [-0.3, -0.25) is 9.97 Å². The smallest absolute Gasteiger partial charge is 0.382 e. The summed E-state index contributed by atoms with van der Waals surface area (Å²) >= 11 is 3.16. The second-order valence-corrected chi connectivity index (χ2v) is 4.68. The third-order valence-corrected chi connectivity index (χ3v) is 2.95. The van der Waals surface area contributed by atoms with Crippen LogP contribution in [0, 0.1) is 0 Å². The molecule has 0 saturated carbocycles. The van der Waals surface area contributed by atoms with Gasteiger partial charge in [-0.1, -0.05) is 0 Å². The number of hydrogen-bond donors (Lipinski definition) is 1. The molecule has 0 aliphatic carbocycles. The summed E-state index contributed by atoms with van der Waals surface area (Å²) in [4.78, 5) is 7.51. The Balaban J connectivity index is 2.44. The van der Waals surface area contributed by atoms with E-state index in [-0.39, 0.29) is 11.3 Å². The van der Waals surface area contributed by atoms with Crippen LogP contribution in [-0.4, -0.2) is 15.1 Å². The van der Waals surface area contributed by atoms with Gasteiger partial charge in [-0.25, -0.2) is 0 Å². The highest BCUT2D eigenvalue weighted by molar-refractivity contribution is 9.10. The van der Waals surface area contributed by atoms with Crippen LogP contribution in [0.4, 0.5) is 13.2 Å². The summed E-state index contributed by atoms with van der Waals surface area (Å²) in [6.07, 6.45) is -2.58. The van der Waals surface area contributed by atoms with E-state index in [4.69, 9.17) is 0 Å². The van der Waals surface area contributed by atoms with Crippen LogP contribution < -0.4 is 0 Å². The quantitative estimate of drug-likeness (QED) is 0.917. The summed E-state index contributed by atoms with van der Waals surface area (Å²) in [5.41, 5.74) is -1.11. The molecule has 0 fully saturated rings. The molecule has 2 rings (SSSR count). The molecule has 2 heterocycles. The number of nitrogens with zero attached hydrogens (tertiary/aromatic N) is 2. The maximum absolute atomic E-state index is 12.8. The molecule has 0 aliphatic heterocycles. The minimum atomic E-state index is -4.55. The summed E-state index contributed by atoms with van der Waals surface area (Å²) in [6.45, 7) is 0. The van der Waals surface area contributed by atoms with Crippen molar-refractivity contribution in [3.63, 3.8) is 0 Å². The predicted molar refractivity (Wildman–Crippen MR) is 65.2 cm³/mol. The fraction of sp³-hybridized carbons (Fsp3) is 0.167. The zero-order valence-electron chi connectivity index (χ0n) is 9.39. The first-order valence-electron chi connectivity index (χ1n) is 5.20. The fourth-order valence-corrected chi connectivity index (χ4v) is 1.83. The monoisotopic (exact) mass is 332 g/mol. The van der Waals surface area contributed by atoms with Crippen LogP contribution in [0.15, 0.2) is 41.3 Å². The third-order valence-electron chi connectivity index (χ3n) is 2.48. The predicted octanol–water partition coefficient (Wildman–Crippen LogP) is 3.34. The molecular formula is C12H8BrF3N2O. The van der Waals surface area contributed by atoms with E-state index in [9.17, 15) is 18.3 Å². The van der Waals surface area contributed by atoms with Crippen molar-refractivity contribution in [2.45, 2.75) is 12.3 Å². The largest absolute Gasteiger partial charge is 0.416 e. The minimum Gasteiger partial charge on any atom is -0.382 e. The second-order valence-electron chi connectivity index (χ2n) is 3.76. The molecule has 19 heavy (non-hydrogen) atoms. The lowest BCUT2D eigenvalue weighted by Gasteiger charge is -2.16. The maximum Gasteiger partial charge on any atom is 0.416 e. The number of pyridine rings is 2. The second kappa shape index (κ2) is 5.26. The van der Waals surface area contributed by atoms with Crippen LogP contribution in [0.1, 0.15) is 22.9 Å². The summed E-state index contributed by atoms with van der Waals surface area (Å²) in [6, 6.07) is 3.87. The van der Waals surface area contributed by atoms with Gasteiger partial charge < -0.3 is 5.11 Å². The van der Waals surface area contributed by atoms with Crippen LogP contribution in [0.2, 0.25) is 0 Å². The molecule has 0 bridgehead atoms. The lowest BCUT2D eigenvalue weighted by Crippen LogP contribution is -2.13. The number of alkyl halides is 3. The molecule has 2 aromatic rings. The molecule has 100 valence electrons. The zero-order chi connectivity index (χ0) is 14.0. The van der Waals surface area contributed by atoms with Gasteiger partial charge in [0.25, 0.3) is 0 Å². The Hall–Kier alpha value is -1.47. The lowest BCUT2D eigenvalue weighted by atomic mass is 10.0. The van der Waals surface area contributed by atoms with Gasteiger partial charge in [-0.2, -0.15) is 13.2 Å². The van der Waals surface area contributed by atoms with Crippen molar-refractivity contribution in [1.82, 2.24) is 9.97 Å². The van der Waals surface area contributed by atoms with Gasteiger partial charge in [-0.15, -0.1) is 0 Å². The topological polar surface area (TPSA) is 46.0 Å². The zero-order valence-corrected chi connectivity index (χ0v) is 11.0. The molecule has 0 aliphatic rings. The van der Waals surface area contributed by atoms with E-state index in [0.717, 1.165) is 18.5 Å². The number of aliphatic hydroxyl groups excluding tert-OH is 1. The van der Waals surface area contributed by atoms with E-state index in [0.29, 0.717) is 4.47 Å². The Bertz CT molecular complexity index is 572. The van der Waals surface area contributed by atoms with Gasteiger partial charge in [0.15, 0.2) is 0 Å². The molecule has 3 nitrogen and oxygen atoms in total. The molecular weight excluding hydrogens is 325 g/mol. The molecule has 0 spiro atoms. The van der Waals surface area contributed by atoms with E-state index in [2.05, 4.69) is 25.9 Å². The number of rotatable bonds is 2. The number of hydrogen-bond acceptors (Lipinski definition) is 3. The Morgan fingerprint density at radius 2 is 1.89 bits per heavy atom. The summed E-state index contributed by atoms with van der Waals surface area (Å²) in [5.74, 6) is 0. The van der Waals surface area contributed by atoms with Crippen molar-refractivity contribution in [2.75, 3.05) is 0 Å². The van der Waals surface area contributed by atoms with E-state index < -0.39 is 17.8 Å². The Kier molecular flexibility index (Phi) is 3.86. The number of halogens is 4. The molecule has 0 radical (unpaired) electrons. The van der Waals surface area contributed by atoms with Crippen LogP contribution in [0.3, 0.4) is 0 Å². The van der Waals surface area contributed by atoms with Gasteiger partial charge >= 0.3 is 6.18 Å². The van der Waals surface area contributed by atoms with Gasteiger partial charge in [0, 0.05) is 28.6 Å². The Morgan fingerprint density at radius 3 is 2.47 bits per heavy atom. The molecule has 7 heteroatoms. The SMILES string of the molecule is OC(c1ccc(Br)cn1)c1cnccc1C(F)(F)F. The molecule has 0 amide bonds. The van der Waals surface area contributed by atoms with Crippen LogP contribution in [0.5, 0.6) is 0 Å². The van der Waals surface area contributed by atoms with Gasteiger partial charge in [-0.05, 0) is 34.1 Å². The molecule has 1 N–H and O–H groups in total. The first-order valence-corrected chi connectivity index (χ1v) is 5.99. The van der Waals surface area contributed by atoms with Crippen molar-refractivity contribution in [1.29, 1.82) is 0 Å². The van der Waals surface area contributed by atoms with Crippen molar-refractivity contribution in [3.05, 3.63) is 58.1 Å². The number of aromatic nitrogens is 2. The van der Waals surface area contributed by atoms with E-state index in [1.165, 1.54) is 12.3 Å². The van der Waals surface area contributed by atoms with Crippen molar-refractivity contribution < 1.29 is 18.3 Å². The maximum atomic E-state index is 12.8. The van der Waals surface area contributed by atoms with Crippen LogP contribution in [0.25, 0.3) is 0 Å². The van der Waals surface area contributed by atoms with E-state index >= 15 is 0 Å². The number of aliphatic hydroxyl groups is 1. The summed E-state index contributed by atoms with van der Waals surface area (Å²) in [5, 5.41) is 10.0. The van der Waals surface area contributed by atoms with Crippen LogP contribution in [-0.2, 0) is 6.18 Å². The molecule has 2 aromatic heterocycles. The van der Waals surface area contributed by atoms with E-state index in [1.807, 2.05) is 0 Å².